The molecule has 0 atom stereocenters. The second-order valence-electron chi connectivity index (χ2n) is 4.57. The molecule has 1 aromatic carbocycles. The molecule has 0 aliphatic carbocycles. The van der Waals surface area contributed by atoms with Gasteiger partial charge >= 0.3 is 5.97 Å². The first-order chi connectivity index (χ1) is 9.95. The summed E-state index contributed by atoms with van der Waals surface area (Å²) in [6, 6.07) is 7.08. The SMILES string of the molecule is Cc1cc(Cl)cc(C)c1Oc1ccc(/C=C/C(=O)O)cn1. The van der Waals surface area contributed by atoms with Crippen molar-refractivity contribution in [1.29, 1.82) is 0 Å². The van der Waals surface area contributed by atoms with Crippen LogP contribution in [0.3, 0.4) is 0 Å². The molecule has 0 radical (unpaired) electrons. The van der Waals surface area contributed by atoms with Crippen molar-refractivity contribution in [3.05, 3.63) is 58.3 Å². The molecule has 4 nitrogen and oxygen atoms in total. The number of aliphatic carboxylic acids is 1. The molecule has 2 rings (SSSR count). The molecule has 0 amide bonds. The number of hydrogen-bond acceptors (Lipinski definition) is 3. The molecule has 0 saturated carbocycles. The maximum Gasteiger partial charge on any atom is 0.328 e. The Kier molecular flexibility index (Phi) is 4.60. The van der Waals surface area contributed by atoms with E-state index in [-0.39, 0.29) is 0 Å². The molecular weight excluding hydrogens is 290 g/mol. The number of pyridine rings is 1. The van der Waals surface area contributed by atoms with E-state index in [1.54, 1.807) is 18.3 Å². The Bertz CT molecular complexity index is 670. The van der Waals surface area contributed by atoms with Gasteiger partial charge in [-0.2, -0.15) is 0 Å². The van der Waals surface area contributed by atoms with Crippen molar-refractivity contribution in [3.8, 4) is 11.6 Å². The quantitative estimate of drug-likeness (QED) is 0.858. The monoisotopic (exact) mass is 303 g/mol. The standard InChI is InChI=1S/C16H14ClNO3/c1-10-7-13(17)8-11(2)16(10)21-14-5-3-12(9-18-14)4-6-15(19)20/h3-9H,1-2H3,(H,19,20)/b6-4+. The molecule has 1 N–H and O–H groups in total. The maximum absolute atomic E-state index is 10.4. The average molecular weight is 304 g/mol. The van der Waals surface area contributed by atoms with E-state index in [0.717, 1.165) is 23.0 Å². The van der Waals surface area contributed by atoms with Gasteiger partial charge in [-0.3, -0.25) is 0 Å². The zero-order chi connectivity index (χ0) is 15.4. The van der Waals surface area contributed by atoms with E-state index in [9.17, 15) is 4.79 Å². The lowest BCUT2D eigenvalue weighted by Crippen LogP contribution is -1.93. The van der Waals surface area contributed by atoms with Crippen molar-refractivity contribution >= 4 is 23.6 Å². The fourth-order valence-electron chi connectivity index (χ4n) is 1.88. The lowest BCUT2D eigenvalue weighted by molar-refractivity contribution is -0.131. The van der Waals surface area contributed by atoms with Crippen molar-refractivity contribution in [1.82, 2.24) is 4.98 Å². The summed E-state index contributed by atoms with van der Waals surface area (Å²) in [5, 5.41) is 9.23. The van der Waals surface area contributed by atoms with Gasteiger partial charge in [-0.15, -0.1) is 0 Å². The van der Waals surface area contributed by atoms with Crippen molar-refractivity contribution in [2.75, 3.05) is 0 Å². The van der Waals surface area contributed by atoms with Crippen LogP contribution in [-0.4, -0.2) is 16.1 Å². The highest BCUT2D eigenvalue weighted by Gasteiger charge is 2.07. The summed E-state index contributed by atoms with van der Waals surface area (Å²) in [5.74, 6) is 0.166. The van der Waals surface area contributed by atoms with E-state index in [1.807, 2.05) is 26.0 Å². The number of hydrogen-bond donors (Lipinski definition) is 1. The van der Waals surface area contributed by atoms with E-state index >= 15 is 0 Å². The van der Waals surface area contributed by atoms with Gasteiger partial charge in [0, 0.05) is 23.4 Å². The van der Waals surface area contributed by atoms with Crippen LogP contribution >= 0.6 is 11.6 Å². The van der Waals surface area contributed by atoms with Gasteiger partial charge in [-0.05, 0) is 54.8 Å². The van der Waals surface area contributed by atoms with Crippen molar-refractivity contribution in [3.63, 3.8) is 0 Å². The van der Waals surface area contributed by atoms with E-state index < -0.39 is 5.97 Å². The molecule has 0 unspecified atom stereocenters. The molecule has 1 heterocycles. The normalized spacial score (nSPS) is 10.8. The molecule has 21 heavy (non-hydrogen) atoms. The molecule has 108 valence electrons. The summed E-state index contributed by atoms with van der Waals surface area (Å²) in [7, 11) is 0. The molecule has 1 aromatic heterocycles. The number of aryl methyl sites for hydroxylation is 2. The van der Waals surface area contributed by atoms with Crippen LogP contribution in [0, 0.1) is 13.8 Å². The first-order valence-electron chi connectivity index (χ1n) is 6.27. The third kappa shape index (κ3) is 4.07. The number of halogens is 1. The Morgan fingerprint density at radius 3 is 2.48 bits per heavy atom. The van der Waals surface area contributed by atoms with E-state index in [0.29, 0.717) is 16.5 Å². The highest BCUT2D eigenvalue weighted by atomic mass is 35.5. The summed E-state index contributed by atoms with van der Waals surface area (Å²) in [6.07, 6.45) is 4.08. The smallest absolute Gasteiger partial charge is 0.328 e. The molecule has 0 saturated heterocycles. The van der Waals surface area contributed by atoms with Crippen LogP contribution in [-0.2, 0) is 4.79 Å². The predicted octanol–water partition coefficient (Wildman–Crippen LogP) is 4.24. The number of carboxylic acids is 1. The fraction of sp³-hybridized carbons (Fsp3) is 0.125. The summed E-state index contributed by atoms with van der Waals surface area (Å²) >= 11 is 5.98. The number of ether oxygens (including phenoxy) is 1. The van der Waals surface area contributed by atoms with Gasteiger partial charge in [0.2, 0.25) is 5.88 Å². The average Bonchev–Trinajstić information content (AvgIpc) is 2.41. The van der Waals surface area contributed by atoms with E-state index in [2.05, 4.69) is 4.98 Å². The van der Waals surface area contributed by atoms with Crippen LogP contribution in [0.15, 0.2) is 36.5 Å². The first kappa shape index (κ1) is 15.1. The Hall–Kier alpha value is -2.33. The van der Waals surface area contributed by atoms with Gasteiger partial charge in [0.25, 0.3) is 0 Å². The van der Waals surface area contributed by atoms with Gasteiger partial charge in [-0.25, -0.2) is 9.78 Å². The molecule has 0 spiro atoms. The largest absolute Gasteiger partial charge is 0.478 e. The number of rotatable bonds is 4. The molecular formula is C16H14ClNO3. The van der Waals surface area contributed by atoms with Crippen LogP contribution in [0.25, 0.3) is 6.08 Å². The molecule has 0 bridgehead atoms. The highest BCUT2D eigenvalue weighted by Crippen LogP contribution is 2.30. The van der Waals surface area contributed by atoms with Gasteiger partial charge in [0.1, 0.15) is 5.75 Å². The van der Waals surface area contributed by atoms with Gasteiger partial charge in [-0.1, -0.05) is 11.6 Å². The first-order valence-corrected chi connectivity index (χ1v) is 6.65. The van der Waals surface area contributed by atoms with Crippen molar-refractivity contribution < 1.29 is 14.6 Å². The zero-order valence-corrected chi connectivity index (χ0v) is 12.4. The number of aromatic nitrogens is 1. The second-order valence-corrected chi connectivity index (χ2v) is 5.01. The molecule has 0 aliphatic heterocycles. The third-order valence-electron chi connectivity index (χ3n) is 2.81. The third-order valence-corrected chi connectivity index (χ3v) is 3.03. The predicted molar refractivity (Wildman–Crippen MR) is 81.9 cm³/mol. The highest BCUT2D eigenvalue weighted by molar-refractivity contribution is 6.30. The summed E-state index contributed by atoms with van der Waals surface area (Å²) in [4.78, 5) is 14.6. The number of nitrogens with zero attached hydrogens (tertiary/aromatic N) is 1. The Morgan fingerprint density at radius 1 is 1.29 bits per heavy atom. The van der Waals surface area contributed by atoms with Crippen molar-refractivity contribution in [2.24, 2.45) is 0 Å². The van der Waals surface area contributed by atoms with E-state index in [1.165, 1.54) is 6.08 Å². The minimum atomic E-state index is -0.997. The van der Waals surface area contributed by atoms with Crippen LogP contribution in [0.5, 0.6) is 11.6 Å². The number of benzene rings is 1. The van der Waals surface area contributed by atoms with Gasteiger partial charge in [0.15, 0.2) is 0 Å². The second kappa shape index (κ2) is 6.41. The van der Waals surface area contributed by atoms with E-state index in [4.69, 9.17) is 21.4 Å². The Balaban J connectivity index is 2.19. The maximum atomic E-state index is 10.4. The lowest BCUT2D eigenvalue weighted by Gasteiger charge is -2.11. The zero-order valence-electron chi connectivity index (χ0n) is 11.6. The Labute approximate surface area is 127 Å². The number of carboxylic acid groups (broad SMARTS) is 1. The minimum absolute atomic E-state index is 0.441. The molecule has 0 fully saturated rings. The molecule has 5 heteroatoms. The molecule has 2 aromatic rings. The van der Waals surface area contributed by atoms with Crippen LogP contribution < -0.4 is 4.74 Å². The fourth-order valence-corrected chi connectivity index (χ4v) is 2.21. The van der Waals surface area contributed by atoms with Crippen LogP contribution in [0.1, 0.15) is 16.7 Å². The van der Waals surface area contributed by atoms with Crippen LogP contribution in [0.2, 0.25) is 5.02 Å². The van der Waals surface area contributed by atoms with Crippen LogP contribution in [0.4, 0.5) is 0 Å². The number of carbonyl (C=O) groups is 1. The minimum Gasteiger partial charge on any atom is -0.478 e. The molecule has 0 aliphatic rings. The summed E-state index contributed by atoms with van der Waals surface area (Å²) in [5.41, 5.74) is 2.54. The van der Waals surface area contributed by atoms with Gasteiger partial charge < -0.3 is 9.84 Å². The van der Waals surface area contributed by atoms with Gasteiger partial charge in [0.05, 0.1) is 0 Å². The Morgan fingerprint density at radius 2 is 1.95 bits per heavy atom. The van der Waals surface area contributed by atoms with Crippen molar-refractivity contribution in [2.45, 2.75) is 13.8 Å². The summed E-state index contributed by atoms with van der Waals surface area (Å²) < 4.78 is 5.77. The lowest BCUT2D eigenvalue weighted by atomic mass is 10.1. The summed E-state index contributed by atoms with van der Waals surface area (Å²) in [6.45, 7) is 3.83. The topological polar surface area (TPSA) is 59.4 Å².